The van der Waals surface area contributed by atoms with E-state index in [9.17, 15) is 20.5 Å². The van der Waals surface area contributed by atoms with Gasteiger partial charge in [0, 0.05) is 28.3 Å². The van der Waals surface area contributed by atoms with Gasteiger partial charge in [0.2, 0.25) is 0 Å². The largest absolute Gasteiger partial charge is 0.395 e. The Labute approximate surface area is 156 Å². The Kier molecular flexibility index (Phi) is 8.38. The number of aliphatic hydroxyl groups excluding tert-OH is 1. The van der Waals surface area contributed by atoms with Gasteiger partial charge >= 0.3 is 0 Å². The lowest BCUT2D eigenvalue weighted by Crippen LogP contribution is -2.26. The van der Waals surface area contributed by atoms with E-state index in [1.807, 2.05) is 36.4 Å². The maximum absolute atomic E-state index is 10.9. The third-order valence-electron chi connectivity index (χ3n) is 3.49. The number of nitriles is 1. The monoisotopic (exact) mass is 379 g/mol. The van der Waals surface area contributed by atoms with Crippen LogP contribution in [0.15, 0.2) is 53.4 Å². The van der Waals surface area contributed by atoms with E-state index in [0.29, 0.717) is 11.3 Å². The molecule has 0 saturated heterocycles. The Hall–Kier alpha value is -2.11. The number of nitrogens with two attached hydrogens (primary N) is 1. The summed E-state index contributed by atoms with van der Waals surface area (Å²) in [5, 5.41) is 29.3. The van der Waals surface area contributed by atoms with Gasteiger partial charge in [-0.2, -0.15) is 5.26 Å². The van der Waals surface area contributed by atoms with Crippen molar-refractivity contribution in [3.63, 3.8) is 0 Å². The molecule has 2 aromatic carbocycles. The Balaban J connectivity index is 0.00000312. The Morgan fingerprint density at radius 3 is 2.52 bits per heavy atom. The summed E-state index contributed by atoms with van der Waals surface area (Å²) in [4.78, 5) is 11.0. The summed E-state index contributed by atoms with van der Waals surface area (Å²) >= 11 is 1.42. The fraction of sp³-hybridized carbons (Fsp3) is 0.235. The van der Waals surface area contributed by atoms with Crippen molar-refractivity contribution in [1.82, 2.24) is 0 Å². The van der Waals surface area contributed by atoms with Crippen LogP contribution in [-0.2, 0) is 0 Å². The second kappa shape index (κ2) is 10.0. The molecule has 0 saturated carbocycles. The van der Waals surface area contributed by atoms with Crippen LogP contribution in [0.4, 0.5) is 5.69 Å². The molecule has 2 atom stereocenters. The van der Waals surface area contributed by atoms with Gasteiger partial charge in [-0.25, -0.2) is 0 Å². The van der Waals surface area contributed by atoms with E-state index < -0.39 is 4.92 Å². The average molecular weight is 380 g/mol. The van der Waals surface area contributed by atoms with Crippen LogP contribution in [0.2, 0.25) is 0 Å². The molecule has 0 aliphatic heterocycles. The number of non-ortho nitro benzene ring substituents is 1. The molecule has 0 fully saturated rings. The van der Waals surface area contributed by atoms with E-state index in [0.717, 1.165) is 5.56 Å². The van der Waals surface area contributed by atoms with Crippen LogP contribution in [0.3, 0.4) is 0 Å². The van der Waals surface area contributed by atoms with Gasteiger partial charge in [0.1, 0.15) is 6.07 Å². The number of nitrogens with zero attached hydrogens (tertiary/aromatic N) is 2. The van der Waals surface area contributed by atoms with Crippen molar-refractivity contribution in [1.29, 1.82) is 5.26 Å². The standard InChI is InChI=1S/C17H17N3O3S.ClH/c18-10-13-8-15(20(22)23)6-7-16(13)24-17(9-14(19)11-21)12-4-2-1-3-5-12;/h1-8,14,17,21H,9,11,19H2;1H/t14-,17+;/m0./s1. The lowest BCUT2D eigenvalue weighted by atomic mass is 10.1. The van der Waals surface area contributed by atoms with Gasteiger partial charge in [-0.15, -0.1) is 24.2 Å². The van der Waals surface area contributed by atoms with Gasteiger partial charge in [-0.1, -0.05) is 30.3 Å². The molecule has 0 radical (unpaired) electrons. The zero-order valence-corrected chi connectivity index (χ0v) is 14.9. The van der Waals surface area contributed by atoms with Gasteiger partial charge in [-0.3, -0.25) is 10.1 Å². The normalized spacial score (nSPS) is 12.5. The molecule has 0 heterocycles. The first kappa shape index (κ1) is 20.9. The van der Waals surface area contributed by atoms with Crippen molar-refractivity contribution in [2.75, 3.05) is 6.61 Å². The zero-order valence-electron chi connectivity index (χ0n) is 13.2. The number of hydrogen-bond acceptors (Lipinski definition) is 6. The number of nitro benzene ring substituents is 1. The molecule has 0 unspecified atom stereocenters. The minimum absolute atomic E-state index is 0. The van der Waals surface area contributed by atoms with Crippen LogP contribution in [0, 0.1) is 21.4 Å². The minimum atomic E-state index is -0.522. The van der Waals surface area contributed by atoms with Crippen molar-refractivity contribution in [2.45, 2.75) is 22.6 Å². The van der Waals surface area contributed by atoms with Crippen molar-refractivity contribution in [3.8, 4) is 6.07 Å². The number of nitro groups is 1. The summed E-state index contributed by atoms with van der Waals surface area (Å²) in [5.41, 5.74) is 7.05. The highest BCUT2D eigenvalue weighted by atomic mass is 35.5. The summed E-state index contributed by atoms with van der Waals surface area (Å²) in [6, 6.07) is 15.5. The molecule has 8 heteroatoms. The van der Waals surface area contributed by atoms with E-state index in [1.165, 1.54) is 23.9 Å². The van der Waals surface area contributed by atoms with E-state index in [-0.39, 0.29) is 41.6 Å². The molecule has 0 spiro atoms. The Morgan fingerprint density at radius 1 is 1.28 bits per heavy atom. The zero-order chi connectivity index (χ0) is 17.5. The van der Waals surface area contributed by atoms with Gasteiger partial charge in [0.25, 0.3) is 5.69 Å². The van der Waals surface area contributed by atoms with Crippen LogP contribution in [0.5, 0.6) is 0 Å². The maximum Gasteiger partial charge on any atom is 0.270 e. The van der Waals surface area contributed by atoms with Crippen LogP contribution in [-0.4, -0.2) is 22.7 Å². The van der Waals surface area contributed by atoms with E-state index >= 15 is 0 Å². The van der Waals surface area contributed by atoms with E-state index in [4.69, 9.17) is 5.73 Å². The van der Waals surface area contributed by atoms with Crippen molar-refractivity contribution >= 4 is 29.9 Å². The highest BCUT2D eigenvalue weighted by molar-refractivity contribution is 7.99. The number of rotatable bonds is 7. The SMILES string of the molecule is Cl.N#Cc1cc([N+](=O)[O-])ccc1S[C@H](C[C@H](N)CO)c1ccccc1. The first-order valence-electron chi connectivity index (χ1n) is 7.31. The number of halogens is 1. The molecule has 0 amide bonds. The highest BCUT2D eigenvalue weighted by Crippen LogP contribution is 2.40. The molecule has 132 valence electrons. The summed E-state index contributed by atoms with van der Waals surface area (Å²) in [7, 11) is 0. The van der Waals surface area contributed by atoms with Crippen molar-refractivity contribution < 1.29 is 10.0 Å². The van der Waals surface area contributed by atoms with E-state index in [2.05, 4.69) is 0 Å². The lowest BCUT2D eigenvalue weighted by Gasteiger charge is -2.20. The summed E-state index contributed by atoms with van der Waals surface area (Å²) < 4.78 is 0. The Bertz CT molecular complexity index is 753. The second-order valence-electron chi connectivity index (χ2n) is 5.24. The maximum atomic E-state index is 10.9. The second-order valence-corrected chi connectivity index (χ2v) is 6.49. The Morgan fingerprint density at radius 2 is 1.96 bits per heavy atom. The smallest absolute Gasteiger partial charge is 0.270 e. The van der Waals surface area contributed by atoms with Crippen LogP contribution in [0.1, 0.15) is 22.8 Å². The summed E-state index contributed by atoms with van der Waals surface area (Å²) in [6.45, 7) is -0.130. The highest BCUT2D eigenvalue weighted by Gasteiger charge is 2.19. The molecular formula is C17H18ClN3O3S. The third kappa shape index (κ3) is 5.73. The molecule has 0 aromatic heterocycles. The van der Waals surface area contributed by atoms with Gasteiger partial charge in [0.05, 0.1) is 17.1 Å². The number of hydrogen-bond donors (Lipinski definition) is 2. The summed E-state index contributed by atoms with van der Waals surface area (Å²) in [6.07, 6.45) is 0.521. The molecule has 3 N–H and O–H groups in total. The predicted molar refractivity (Wildman–Crippen MR) is 99.8 cm³/mol. The van der Waals surface area contributed by atoms with Gasteiger partial charge in [-0.05, 0) is 18.1 Å². The molecule has 25 heavy (non-hydrogen) atoms. The number of benzene rings is 2. The quantitative estimate of drug-likeness (QED) is 0.432. The van der Waals surface area contributed by atoms with Gasteiger partial charge < -0.3 is 10.8 Å². The lowest BCUT2D eigenvalue weighted by molar-refractivity contribution is -0.384. The van der Waals surface area contributed by atoms with E-state index in [1.54, 1.807) is 6.07 Å². The molecule has 2 rings (SSSR count). The molecule has 0 aliphatic carbocycles. The molecule has 2 aromatic rings. The number of thioether (sulfide) groups is 1. The van der Waals surface area contributed by atoms with Crippen LogP contribution < -0.4 is 5.73 Å². The van der Waals surface area contributed by atoms with Crippen LogP contribution >= 0.6 is 24.2 Å². The van der Waals surface area contributed by atoms with Crippen LogP contribution in [0.25, 0.3) is 0 Å². The average Bonchev–Trinajstić information content (AvgIpc) is 2.61. The summed E-state index contributed by atoms with van der Waals surface area (Å²) in [5.74, 6) is 0. The topological polar surface area (TPSA) is 113 Å². The number of aliphatic hydroxyl groups is 1. The fourth-order valence-corrected chi connectivity index (χ4v) is 3.57. The predicted octanol–water partition coefficient (Wildman–Crippen LogP) is 3.43. The first-order chi connectivity index (χ1) is 11.5. The molecule has 0 bridgehead atoms. The minimum Gasteiger partial charge on any atom is -0.395 e. The van der Waals surface area contributed by atoms with Crippen molar-refractivity contribution in [2.24, 2.45) is 5.73 Å². The van der Waals surface area contributed by atoms with Gasteiger partial charge in [0.15, 0.2) is 0 Å². The molecule has 6 nitrogen and oxygen atoms in total. The third-order valence-corrected chi connectivity index (χ3v) is 4.85. The molecular weight excluding hydrogens is 362 g/mol. The van der Waals surface area contributed by atoms with Crippen molar-refractivity contribution in [3.05, 3.63) is 69.8 Å². The molecule has 0 aliphatic rings. The first-order valence-corrected chi connectivity index (χ1v) is 8.19. The fourth-order valence-electron chi connectivity index (χ4n) is 2.24.